The molecule has 218 valence electrons. The highest BCUT2D eigenvalue weighted by Crippen LogP contribution is 2.31. The molecule has 0 aliphatic rings. The van der Waals surface area contributed by atoms with Gasteiger partial charge in [0, 0.05) is 38.6 Å². The second-order valence-corrected chi connectivity index (χ2v) is 11.8. The maximum Gasteiger partial charge on any atom is 0.224 e. The van der Waals surface area contributed by atoms with E-state index in [0.717, 1.165) is 37.2 Å². The van der Waals surface area contributed by atoms with Crippen molar-refractivity contribution < 1.29 is 23.8 Å². The molecule has 1 aromatic carbocycles. The Hall–Kier alpha value is -2.32. The third-order valence-corrected chi connectivity index (χ3v) is 7.39. The Balaban J connectivity index is 2.77. The van der Waals surface area contributed by atoms with Crippen LogP contribution in [0, 0.1) is 29.1 Å². The molecule has 1 rings (SSSR count). The summed E-state index contributed by atoms with van der Waals surface area (Å²) in [6.45, 7) is 13.5. The van der Waals surface area contributed by atoms with E-state index in [9.17, 15) is 9.59 Å². The monoisotopic (exact) mass is 535 g/mol. The average Bonchev–Trinajstić information content (AvgIpc) is 2.85. The molecule has 0 aliphatic carbocycles. The van der Waals surface area contributed by atoms with E-state index in [-0.39, 0.29) is 30.3 Å². The zero-order valence-electron chi connectivity index (χ0n) is 25.0. The summed E-state index contributed by atoms with van der Waals surface area (Å²) in [4.78, 5) is 24.5. The van der Waals surface area contributed by atoms with Crippen molar-refractivity contribution in [3.8, 4) is 11.5 Å². The Labute approximate surface area is 230 Å². The SMILES string of the molecule is COCCCOc1cc(C[C@@H](C[C@@H](N)CC[C@H](C(=O)NCC(C)(C)C(N)=O)C(C)C)C(C)C)ccc1OC. The minimum Gasteiger partial charge on any atom is -0.493 e. The fourth-order valence-electron chi connectivity index (χ4n) is 4.43. The number of hydrogen-bond donors (Lipinski definition) is 3. The van der Waals surface area contributed by atoms with Gasteiger partial charge in [-0.1, -0.05) is 33.8 Å². The van der Waals surface area contributed by atoms with Crippen LogP contribution in [0.1, 0.15) is 72.8 Å². The first kappa shape index (κ1) is 33.7. The summed E-state index contributed by atoms with van der Waals surface area (Å²) in [6.07, 6.45) is 4.03. The smallest absolute Gasteiger partial charge is 0.224 e. The molecule has 0 unspecified atom stereocenters. The van der Waals surface area contributed by atoms with E-state index in [1.54, 1.807) is 28.1 Å². The maximum atomic E-state index is 12.9. The van der Waals surface area contributed by atoms with Crippen LogP contribution in [0.2, 0.25) is 0 Å². The number of methoxy groups -OCH3 is 2. The summed E-state index contributed by atoms with van der Waals surface area (Å²) >= 11 is 0. The van der Waals surface area contributed by atoms with Crippen molar-refractivity contribution in [1.29, 1.82) is 0 Å². The van der Waals surface area contributed by atoms with Gasteiger partial charge in [0.15, 0.2) is 11.5 Å². The quantitative estimate of drug-likeness (QED) is 0.227. The van der Waals surface area contributed by atoms with Gasteiger partial charge >= 0.3 is 0 Å². The van der Waals surface area contributed by atoms with E-state index in [1.807, 2.05) is 19.9 Å². The first-order chi connectivity index (χ1) is 17.8. The molecule has 0 fully saturated rings. The van der Waals surface area contributed by atoms with E-state index in [2.05, 4.69) is 31.3 Å². The number of ether oxygens (including phenoxy) is 3. The maximum absolute atomic E-state index is 12.9. The molecule has 5 N–H and O–H groups in total. The second-order valence-electron chi connectivity index (χ2n) is 11.8. The van der Waals surface area contributed by atoms with Gasteiger partial charge in [0.1, 0.15) is 0 Å². The van der Waals surface area contributed by atoms with E-state index < -0.39 is 11.3 Å². The number of primary amides is 1. The van der Waals surface area contributed by atoms with Gasteiger partial charge in [0.2, 0.25) is 11.8 Å². The van der Waals surface area contributed by atoms with E-state index in [1.165, 1.54) is 5.56 Å². The third kappa shape index (κ3) is 11.6. The van der Waals surface area contributed by atoms with Gasteiger partial charge in [-0.3, -0.25) is 9.59 Å². The van der Waals surface area contributed by atoms with Crippen LogP contribution in [0.4, 0.5) is 0 Å². The number of carbonyl (C=O) groups excluding carboxylic acids is 2. The Bertz CT molecular complexity index is 856. The summed E-state index contributed by atoms with van der Waals surface area (Å²) in [5.41, 5.74) is 12.5. The van der Waals surface area contributed by atoms with Gasteiger partial charge in [-0.2, -0.15) is 0 Å². The molecule has 0 saturated heterocycles. The fourth-order valence-corrected chi connectivity index (χ4v) is 4.43. The molecule has 0 saturated carbocycles. The van der Waals surface area contributed by atoms with Gasteiger partial charge in [0.25, 0.3) is 0 Å². The lowest BCUT2D eigenvalue weighted by Gasteiger charge is -2.27. The molecule has 3 atom stereocenters. The Kier molecular flexibility index (Phi) is 14.7. The number of nitrogens with two attached hydrogens (primary N) is 2. The predicted octanol–water partition coefficient (Wildman–Crippen LogP) is 4.32. The zero-order chi connectivity index (χ0) is 28.9. The highest BCUT2D eigenvalue weighted by Gasteiger charge is 2.29. The second kappa shape index (κ2) is 16.6. The van der Waals surface area contributed by atoms with E-state index in [4.69, 9.17) is 25.7 Å². The molecule has 1 aromatic rings. The normalized spacial score (nSPS) is 14.3. The molecule has 0 bridgehead atoms. The van der Waals surface area contributed by atoms with Crippen molar-refractivity contribution >= 4 is 11.8 Å². The number of rotatable bonds is 19. The summed E-state index contributed by atoms with van der Waals surface area (Å²) in [5, 5.41) is 2.93. The van der Waals surface area contributed by atoms with Crippen molar-refractivity contribution in [2.24, 2.45) is 40.6 Å². The van der Waals surface area contributed by atoms with Crippen LogP contribution < -0.4 is 26.3 Å². The molecular formula is C30H53N3O5. The number of hydrogen-bond acceptors (Lipinski definition) is 6. The molecule has 0 aliphatic heterocycles. The largest absolute Gasteiger partial charge is 0.493 e. The van der Waals surface area contributed by atoms with Gasteiger partial charge in [-0.25, -0.2) is 0 Å². The van der Waals surface area contributed by atoms with Gasteiger partial charge in [-0.15, -0.1) is 0 Å². The van der Waals surface area contributed by atoms with Gasteiger partial charge in [0.05, 0.1) is 19.1 Å². The van der Waals surface area contributed by atoms with Crippen LogP contribution in [0.15, 0.2) is 18.2 Å². The van der Waals surface area contributed by atoms with Crippen molar-refractivity contribution in [3.63, 3.8) is 0 Å². The molecule has 0 spiro atoms. The molecule has 2 amide bonds. The average molecular weight is 536 g/mol. The summed E-state index contributed by atoms with van der Waals surface area (Å²) in [5.74, 6) is 1.85. The van der Waals surface area contributed by atoms with Crippen LogP contribution in [-0.2, 0) is 20.7 Å². The zero-order valence-corrected chi connectivity index (χ0v) is 25.0. The Morgan fingerprint density at radius 2 is 1.68 bits per heavy atom. The van der Waals surface area contributed by atoms with Crippen molar-refractivity contribution in [2.45, 2.75) is 79.7 Å². The van der Waals surface area contributed by atoms with E-state index in [0.29, 0.717) is 31.5 Å². The fraction of sp³-hybridized carbons (Fsp3) is 0.733. The lowest BCUT2D eigenvalue weighted by atomic mass is 9.81. The highest BCUT2D eigenvalue weighted by atomic mass is 16.5. The molecule has 0 aromatic heterocycles. The third-order valence-electron chi connectivity index (χ3n) is 7.39. The first-order valence-electron chi connectivity index (χ1n) is 13.9. The molecule has 8 heteroatoms. The lowest BCUT2D eigenvalue weighted by Crippen LogP contribution is -2.45. The molecule has 0 heterocycles. The van der Waals surface area contributed by atoms with Crippen molar-refractivity contribution in [1.82, 2.24) is 5.32 Å². The van der Waals surface area contributed by atoms with E-state index >= 15 is 0 Å². The van der Waals surface area contributed by atoms with Crippen LogP contribution in [0.3, 0.4) is 0 Å². The first-order valence-corrected chi connectivity index (χ1v) is 13.9. The minimum atomic E-state index is -0.783. The standard InChI is InChI=1S/C30H53N3O5/c1-20(2)23(16-22-10-13-26(37-8)27(17-22)38-15-9-14-36-7)18-24(31)11-12-25(21(3)4)28(34)33-19-30(5,6)29(32)35/h10,13,17,20-21,23-25H,9,11-12,14-16,18-19,31H2,1-8H3,(H2,32,35)(H,33,34)/t23-,24-,25-/m0/s1. The predicted molar refractivity (Wildman–Crippen MR) is 153 cm³/mol. The molecule has 8 nitrogen and oxygen atoms in total. The number of nitrogens with one attached hydrogen (secondary N) is 1. The van der Waals surface area contributed by atoms with Crippen LogP contribution in [0.25, 0.3) is 0 Å². The van der Waals surface area contributed by atoms with Crippen LogP contribution >= 0.6 is 0 Å². The topological polar surface area (TPSA) is 126 Å². The number of amides is 2. The summed E-state index contributed by atoms with van der Waals surface area (Å²) < 4.78 is 16.6. The Morgan fingerprint density at radius 3 is 2.24 bits per heavy atom. The van der Waals surface area contributed by atoms with Crippen LogP contribution in [0.5, 0.6) is 11.5 Å². The highest BCUT2D eigenvalue weighted by molar-refractivity contribution is 5.82. The summed E-state index contributed by atoms with van der Waals surface area (Å²) in [6, 6.07) is 6.11. The van der Waals surface area contributed by atoms with Gasteiger partial charge in [-0.05, 0) is 75.0 Å². The minimum absolute atomic E-state index is 0.0125. The number of carbonyl (C=O) groups is 2. The molecule has 0 radical (unpaired) electrons. The molecule has 38 heavy (non-hydrogen) atoms. The molecular weight excluding hydrogens is 482 g/mol. The summed E-state index contributed by atoms with van der Waals surface area (Å²) in [7, 11) is 3.33. The number of benzene rings is 1. The van der Waals surface area contributed by atoms with Crippen molar-refractivity contribution in [3.05, 3.63) is 23.8 Å². The Morgan fingerprint density at radius 1 is 1.00 bits per heavy atom. The van der Waals surface area contributed by atoms with Gasteiger partial charge < -0.3 is 31.0 Å². The van der Waals surface area contributed by atoms with Crippen molar-refractivity contribution in [2.75, 3.05) is 34.0 Å². The van der Waals surface area contributed by atoms with Crippen LogP contribution in [-0.4, -0.2) is 51.8 Å². The lowest BCUT2D eigenvalue weighted by molar-refractivity contribution is -0.129.